The molecule has 0 unspecified atom stereocenters. The van der Waals surface area contributed by atoms with E-state index >= 15 is 0 Å². The Bertz CT molecular complexity index is 1260. The first kappa shape index (κ1) is 24.3. The number of hydrogen-bond donors (Lipinski definition) is 1. The van der Waals surface area contributed by atoms with Crippen molar-refractivity contribution in [1.29, 1.82) is 0 Å². The number of nitrogens with one attached hydrogen (secondary N) is 1. The van der Waals surface area contributed by atoms with Crippen LogP contribution in [0.4, 0.5) is 10.5 Å². The fourth-order valence-corrected chi connectivity index (χ4v) is 4.47. The number of carbonyl (C=O) groups excluding carboxylic acids is 3. The van der Waals surface area contributed by atoms with Crippen molar-refractivity contribution in [3.8, 4) is 5.75 Å². The van der Waals surface area contributed by atoms with Crippen molar-refractivity contribution in [3.05, 3.63) is 97.4 Å². The molecule has 3 amide bonds. The quantitative estimate of drug-likeness (QED) is 0.257. The molecule has 6 nitrogen and oxygen atoms in total. The number of anilines is 1. The van der Waals surface area contributed by atoms with Gasteiger partial charge in [-0.05, 0) is 88.0 Å². The van der Waals surface area contributed by atoms with Gasteiger partial charge in [0.2, 0.25) is 5.91 Å². The van der Waals surface area contributed by atoms with Crippen LogP contribution in [0, 0.1) is 3.57 Å². The number of thioether (sulfide) groups is 1. The molecule has 4 rings (SSSR count). The molecule has 1 saturated heterocycles. The number of carbonyl (C=O) groups is 3. The van der Waals surface area contributed by atoms with Crippen LogP contribution in [0.15, 0.2) is 77.7 Å². The summed E-state index contributed by atoms with van der Waals surface area (Å²) in [5.41, 5.74) is 2.23. The molecule has 172 valence electrons. The molecule has 3 aromatic carbocycles. The number of hydrogen-bond acceptors (Lipinski definition) is 5. The summed E-state index contributed by atoms with van der Waals surface area (Å²) in [7, 11) is 0. The molecule has 34 heavy (non-hydrogen) atoms. The topological polar surface area (TPSA) is 75.7 Å². The molecule has 0 bridgehead atoms. The van der Waals surface area contributed by atoms with Crippen molar-refractivity contribution < 1.29 is 19.1 Å². The van der Waals surface area contributed by atoms with Crippen molar-refractivity contribution in [2.75, 3.05) is 11.9 Å². The summed E-state index contributed by atoms with van der Waals surface area (Å²) in [4.78, 5) is 38.6. The molecule has 1 aliphatic heterocycles. The number of benzene rings is 3. The van der Waals surface area contributed by atoms with Crippen LogP contribution in [-0.2, 0) is 16.2 Å². The standard InChI is InChI=1S/C25H18ClIN2O4S/c26-20-3-1-2-4-21(20)28-23(30)14-29-24(31)22(34-25(29)32)13-16-7-11-19(12-8-16)33-15-17-5-9-18(27)10-6-17/h1-13H,14-15H2,(H,28,30)/b22-13+. The zero-order valence-electron chi connectivity index (χ0n) is 17.7. The van der Waals surface area contributed by atoms with Crippen LogP contribution in [0.5, 0.6) is 5.75 Å². The average molecular weight is 605 g/mol. The number of ether oxygens (including phenoxy) is 1. The van der Waals surface area contributed by atoms with E-state index in [1.54, 1.807) is 54.6 Å². The van der Waals surface area contributed by atoms with Crippen LogP contribution in [0.1, 0.15) is 11.1 Å². The van der Waals surface area contributed by atoms with E-state index in [0.29, 0.717) is 23.1 Å². The van der Waals surface area contributed by atoms with Crippen LogP contribution >= 0.6 is 46.0 Å². The lowest BCUT2D eigenvalue weighted by Gasteiger charge is -2.13. The minimum Gasteiger partial charge on any atom is -0.489 e. The van der Waals surface area contributed by atoms with Crippen LogP contribution in [0.3, 0.4) is 0 Å². The van der Waals surface area contributed by atoms with Crippen molar-refractivity contribution in [2.45, 2.75) is 6.61 Å². The second-order valence-electron chi connectivity index (χ2n) is 7.28. The molecule has 0 atom stereocenters. The second kappa shape index (κ2) is 11.1. The largest absolute Gasteiger partial charge is 0.489 e. The van der Waals surface area contributed by atoms with Crippen molar-refractivity contribution in [2.24, 2.45) is 0 Å². The zero-order chi connectivity index (χ0) is 24.1. The lowest BCUT2D eigenvalue weighted by atomic mass is 10.2. The Balaban J connectivity index is 1.36. The first-order chi connectivity index (χ1) is 16.4. The smallest absolute Gasteiger partial charge is 0.294 e. The highest BCUT2D eigenvalue weighted by Crippen LogP contribution is 2.32. The maximum atomic E-state index is 12.7. The third-order valence-electron chi connectivity index (χ3n) is 4.82. The van der Waals surface area contributed by atoms with Gasteiger partial charge in [-0.25, -0.2) is 0 Å². The van der Waals surface area contributed by atoms with Gasteiger partial charge in [-0.1, -0.05) is 48.0 Å². The number of para-hydroxylation sites is 1. The predicted molar refractivity (Wildman–Crippen MR) is 143 cm³/mol. The summed E-state index contributed by atoms with van der Waals surface area (Å²) >= 11 is 9.09. The number of amides is 3. The highest BCUT2D eigenvalue weighted by atomic mass is 127. The molecule has 9 heteroatoms. The van der Waals surface area contributed by atoms with Gasteiger partial charge in [-0.2, -0.15) is 0 Å². The number of halogens is 2. The Morgan fingerprint density at radius 3 is 2.44 bits per heavy atom. The normalized spacial score (nSPS) is 14.5. The molecule has 1 heterocycles. The predicted octanol–water partition coefficient (Wildman–Crippen LogP) is 6.20. The monoisotopic (exact) mass is 604 g/mol. The van der Waals surface area contributed by atoms with E-state index in [2.05, 4.69) is 27.9 Å². The summed E-state index contributed by atoms with van der Waals surface area (Å²) in [6, 6.07) is 22.0. The van der Waals surface area contributed by atoms with E-state index < -0.39 is 23.6 Å². The highest BCUT2D eigenvalue weighted by molar-refractivity contribution is 14.1. The Morgan fingerprint density at radius 2 is 1.74 bits per heavy atom. The Hall–Kier alpha value is -2.82. The summed E-state index contributed by atoms with van der Waals surface area (Å²) in [5.74, 6) is -0.324. The lowest BCUT2D eigenvalue weighted by Crippen LogP contribution is -2.36. The SMILES string of the molecule is O=C(CN1C(=O)S/C(=C/c2ccc(OCc3ccc(I)cc3)cc2)C1=O)Nc1ccccc1Cl. The number of imide groups is 1. The van der Waals surface area contributed by atoms with Gasteiger partial charge in [-0.15, -0.1) is 0 Å². The molecule has 1 aliphatic rings. The molecule has 0 spiro atoms. The Kier molecular flexibility index (Phi) is 7.91. The number of nitrogens with zero attached hydrogens (tertiary/aromatic N) is 1. The Morgan fingerprint density at radius 1 is 1.03 bits per heavy atom. The van der Waals surface area contributed by atoms with E-state index in [0.717, 1.165) is 31.4 Å². The molecule has 0 aliphatic carbocycles. The van der Waals surface area contributed by atoms with Gasteiger partial charge in [0.05, 0.1) is 15.6 Å². The van der Waals surface area contributed by atoms with Gasteiger partial charge in [0.15, 0.2) is 0 Å². The first-order valence-corrected chi connectivity index (χ1v) is 12.4. The minimum atomic E-state index is -0.511. The highest BCUT2D eigenvalue weighted by Gasteiger charge is 2.36. The van der Waals surface area contributed by atoms with Crippen molar-refractivity contribution in [3.63, 3.8) is 0 Å². The minimum absolute atomic E-state index is 0.253. The molecule has 0 radical (unpaired) electrons. The maximum absolute atomic E-state index is 12.7. The Labute approximate surface area is 219 Å². The van der Waals surface area contributed by atoms with Gasteiger partial charge in [0, 0.05) is 3.57 Å². The van der Waals surface area contributed by atoms with Gasteiger partial charge >= 0.3 is 0 Å². The van der Waals surface area contributed by atoms with E-state index in [4.69, 9.17) is 16.3 Å². The van der Waals surface area contributed by atoms with Crippen LogP contribution < -0.4 is 10.1 Å². The number of rotatable bonds is 7. The van der Waals surface area contributed by atoms with Gasteiger partial charge < -0.3 is 10.1 Å². The average Bonchev–Trinajstić information content (AvgIpc) is 3.08. The third kappa shape index (κ3) is 6.19. The van der Waals surface area contributed by atoms with Crippen LogP contribution in [0.2, 0.25) is 5.02 Å². The summed E-state index contributed by atoms with van der Waals surface area (Å²) in [6.07, 6.45) is 1.62. The van der Waals surface area contributed by atoms with Crippen molar-refractivity contribution in [1.82, 2.24) is 4.90 Å². The van der Waals surface area contributed by atoms with Gasteiger partial charge in [0.25, 0.3) is 11.1 Å². The fourth-order valence-electron chi connectivity index (χ4n) is 3.09. The van der Waals surface area contributed by atoms with E-state index in [-0.39, 0.29) is 4.91 Å². The van der Waals surface area contributed by atoms with Gasteiger partial charge in [-0.3, -0.25) is 19.3 Å². The third-order valence-corrected chi connectivity index (χ3v) is 6.78. The molecule has 3 aromatic rings. The lowest BCUT2D eigenvalue weighted by molar-refractivity contribution is -0.127. The molecule has 1 N–H and O–H groups in total. The summed E-state index contributed by atoms with van der Waals surface area (Å²) in [6.45, 7) is 0.0595. The van der Waals surface area contributed by atoms with E-state index in [9.17, 15) is 14.4 Å². The van der Waals surface area contributed by atoms with Crippen LogP contribution in [0.25, 0.3) is 6.08 Å². The second-order valence-corrected chi connectivity index (χ2v) is 9.93. The maximum Gasteiger partial charge on any atom is 0.294 e. The molecule has 1 fully saturated rings. The van der Waals surface area contributed by atoms with Crippen molar-refractivity contribution >= 4 is 74.8 Å². The van der Waals surface area contributed by atoms with Gasteiger partial charge in [0.1, 0.15) is 18.9 Å². The molecular formula is C25H18ClIN2O4S. The molecular weight excluding hydrogens is 587 g/mol. The summed E-state index contributed by atoms with van der Waals surface area (Å²) in [5, 5.41) is 2.49. The molecule has 0 saturated carbocycles. The summed E-state index contributed by atoms with van der Waals surface area (Å²) < 4.78 is 6.96. The zero-order valence-corrected chi connectivity index (χ0v) is 21.4. The first-order valence-electron chi connectivity index (χ1n) is 10.2. The van der Waals surface area contributed by atoms with E-state index in [1.807, 2.05) is 24.3 Å². The fraction of sp³-hybridized carbons (Fsp3) is 0.0800. The van der Waals surface area contributed by atoms with Crippen LogP contribution in [-0.4, -0.2) is 28.5 Å². The molecule has 0 aromatic heterocycles. The van der Waals surface area contributed by atoms with E-state index in [1.165, 1.54) is 0 Å².